The van der Waals surface area contributed by atoms with Gasteiger partial charge in [0, 0.05) is 13.1 Å². The van der Waals surface area contributed by atoms with Crippen molar-refractivity contribution in [2.24, 2.45) is 17.6 Å². The molecular weight excluding hydrogens is 314 g/mol. The number of carboxylic acids is 2. The molecule has 2 heterocycles. The maximum Gasteiger partial charge on any atom is 0.316 e. The number of carbonyl (C=O) groups is 3. The fourth-order valence-corrected chi connectivity index (χ4v) is 2.67. The van der Waals surface area contributed by atoms with E-state index in [0.717, 1.165) is 0 Å². The highest BCUT2D eigenvalue weighted by atomic mass is 35.5. The highest BCUT2D eigenvalue weighted by Gasteiger charge is 2.48. The normalized spacial score (nSPS) is 23.8. The molecule has 1 saturated heterocycles. The van der Waals surface area contributed by atoms with Gasteiger partial charge >= 0.3 is 11.9 Å². The Hall–Kier alpha value is -1.90. The maximum atomic E-state index is 12.1. The van der Waals surface area contributed by atoms with Crippen molar-refractivity contribution in [1.82, 2.24) is 10.0 Å². The van der Waals surface area contributed by atoms with Gasteiger partial charge in [-0.3, -0.25) is 14.4 Å². The van der Waals surface area contributed by atoms with Crippen molar-refractivity contribution in [3.63, 3.8) is 0 Å². The zero-order valence-corrected chi connectivity index (χ0v) is 12.7. The van der Waals surface area contributed by atoms with Crippen molar-refractivity contribution in [2.45, 2.75) is 13.0 Å². The first-order valence-electron chi connectivity index (χ1n) is 6.45. The second-order valence-electron chi connectivity index (χ2n) is 5.13. The van der Waals surface area contributed by atoms with Gasteiger partial charge in [-0.2, -0.15) is 0 Å². The van der Waals surface area contributed by atoms with Crippen LogP contribution in [0, 0.1) is 11.8 Å². The van der Waals surface area contributed by atoms with E-state index in [9.17, 15) is 24.6 Å². The van der Waals surface area contributed by atoms with Gasteiger partial charge in [0.25, 0.3) is 5.91 Å². The zero-order valence-electron chi connectivity index (χ0n) is 11.9. The molecule has 2 unspecified atom stereocenters. The third kappa shape index (κ3) is 2.72. The SMILES string of the molecule is C=CC(C(=O)O)C1=C(C(C)C(=O)O)CN2C[C@H](N)C(=O)N12.Cl. The van der Waals surface area contributed by atoms with Gasteiger partial charge in [0.1, 0.15) is 12.0 Å². The standard InChI is InChI=1S/C13H17N3O5.ClH/c1-3-7(13(20)21)10-8(6(2)12(18)19)4-15-5-9(14)11(17)16(10)15;/h3,6-7,9H,1,4-5,14H2,2H3,(H,18,19)(H,20,21);1H/t6?,7?,9-;/m0./s1. The molecule has 0 spiro atoms. The minimum atomic E-state index is -1.19. The molecule has 2 aliphatic heterocycles. The number of rotatable bonds is 5. The van der Waals surface area contributed by atoms with Crippen LogP contribution in [0.2, 0.25) is 0 Å². The monoisotopic (exact) mass is 331 g/mol. The summed E-state index contributed by atoms with van der Waals surface area (Å²) in [4.78, 5) is 34.7. The molecule has 0 aromatic heterocycles. The predicted molar refractivity (Wildman–Crippen MR) is 78.8 cm³/mol. The predicted octanol–water partition coefficient (Wildman–Crippen LogP) is -0.330. The third-order valence-electron chi connectivity index (χ3n) is 3.82. The Morgan fingerprint density at radius 1 is 1.41 bits per heavy atom. The van der Waals surface area contributed by atoms with Crippen molar-refractivity contribution in [3.05, 3.63) is 23.9 Å². The molecule has 122 valence electrons. The van der Waals surface area contributed by atoms with Gasteiger partial charge in [0.2, 0.25) is 0 Å². The Balaban J connectivity index is 0.00000242. The molecule has 3 atom stereocenters. The second kappa shape index (κ2) is 6.47. The molecule has 0 aromatic rings. The lowest BCUT2D eigenvalue weighted by Crippen LogP contribution is -2.38. The Morgan fingerprint density at radius 2 is 2.00 bits per heavy atom. The van der Waals surface area contributed by atoms with Gasteiger partial charge in [0.15, 0.2) is 0 Å². The number of halogens is 1. The second-order valence-corrected chi connectivity index (χ2v) is 5.13. The Kier molecular flexibility index (Phi) is 5.34. The lowest BCUT2D eigenvalue weighted by atomic mass is 9.93. The van der Waals surface area contributed by atoms with Crippen molar-refractivity contribution in [3.8, 4) is 0 Å². The van der Waals surface area contributed by atoms with Gasteiger partial charge in [-0.15, -0.1) is 19.0 Å². The minimum Gasteiger partial charge on any atom is -0.481 e. The van der Waals surface area contributed by atoms with Crippen LogP contribution >= 0.6 is 12.4 Å². The van der Waals surface area contributed by atoms with Crippen LogP contribution in [0.3, 0.4) is 0 Å². The molecule has 4 N–H and O–H groups in total. The van der Waals surface area contributed by atoms with Crippen LogP contribution in [0.4, 0.5) is 0 Å². The number of hydrazine groups is 1. The first-order chi connectivity index (χ1) is 9.79. The third-order valence-corrected chi connectivity index (χ3v) is 3.82. The van der Waals surface area contributed by atoms with Gasteiger partial charge in [-0.05, 0) is 12.5 Å². The number of nitrogens with zero attached hydrogens (tertiary/aromatic N) is 2. The number of amides is 1. The van der Waals surface area contributed by atoms with E-state index in [2.05, 4.69) is 6.58 Å². The molecule has 1 fully saturated rings. The summed E-state index contributed by atoms with van der Waals surface area (Å²) in [6, 6.07) is -0.735. The van der Waals surface area contributed by atoms with Gasteiger partial charge in [0.05, 0.1) is 11.6 Å². The lowest BCUT2D eigenvalue weighted by molar-refractivity contribution is -0.142. The molecule has 0 saturated carbocycles. The van der Waals surface area contributed by atoms with E-state index in [0.29, 0.717) is 5.57 Å². The quantitative estimate of drug-likeness (QED) is 0.589. The molecular formula is C13H18ClN3O5. The van der Waals surface area contributed by atoms with Gasteiger partial charge < -0.3 is 15.9 Å². The van der Waals surface area contributed by atoms with Crippen LogP contribution in [0.5, 0.6) is 0 Å². The minimum absolute atomic E-state index is 0. The van der Waals surface area contributed by atoms with E-state index >= 15 is 0 Å². The van der Waals surface area contributed by atoms with Crippen LogP contribution < -0.4 is 5.73 Å². The number of aliphatic carboxylic acids is 2. The summed E-state index contributed by atoms with van der Waals surface area (Å²) in [6.07, 6.45) is 1.19. The molecule has 9 heteroatoms. The number of carbonyl (C=O) groups excluding carboxylic acids is 1. The van der Waals surface area contributed by atoms with E-state index in [-0.39, 0.29) is 31.2 Å². The first kappa shape index (κ1) is 18.1. The van der Waals surface area contributed by atoms with E-state index < -0.39 is 35.7 Å². The summed E-state index contributed by atoms with van der Waals surface area (Å²) in [5, 5.41) is 21.3. The molecule has 1 amide bonds. The zero-order chi connectivity index (χ0) is 15.9. The molecule has 2 rings (SSSR count). The largest absolute Gasteiger partial charge is 0.481 e. The average molecular weight is 332 g/mol. The van der Waals surface area contributed by atoms with Crippen molar-refractivity contribution < 1.29 is 24.6 Å². The molecule has 0 radical (unpaired) electrons. The Labute approximate surface area is 133 Å². The highest BCUT2D eigenvalue weighted by molar-refractivity contribution is 5.89. The first-order valence-corrected chi connectivity index (χ1v) is 6.45. The average Bonchev–Trinajstić information content (AvgIpc) is 2.88. The number of carboxylic acid groups (broad SMARTS) is 2. The van der Waals surface area contributed by atoms with Crippen molar-refractivity contribution in [2.75, 3.05) is 13.1 Å². The number of hydrogen-bond acceptors (Lipinski definition) is 5. The van der Waals surface area contributed by atoms with Crippen LogP contribution in [0.1, 0.15) is 6.92 Å². The summed E-state index contributed by atoms with van der Waals surface area (Å²) in [6.45, 7) is 5.36. The summed E-state index contributed by atoms with van der Waals surface area (Å²) in [7, 11) is 0. The number of nitrogens with two attached hydrogens (primary N) is 1. The molecule has 22 heavy (non-hydrogen) atoms. The van der Waals surface area contributed by atoms with Crippen molar-refractivity contribution in [1.29, 1.82) is 0 Å². The van der Waals surface area contributed by atoms with E-state index in [1.165, 1.54) is 18.0 Å². The van der Waals surface area contributed by atoms with E-state index in [1.807, 2.05) is 0 Å². The summed E-state index contributed by atoms with van der Waals surface area (Å²) in [5.74, 6) is -4.73. The van der Waals surface area contributed by atoms with Crippen LogP contribution in [-0.2, 0) is 14.4 Å². The molecule has 2 aliphatic rings. The molecule has 0 aliphatic carbocycles. The molecule has 8 nitrogen and oxygen atoms in total. The lowest BCUT2D eigenvalue weighted by Gasteiger charge is -2.24. The summed E-state index contributed by atoms with van der Waals surface area (Å²) < 4.78 is 0. The fraction of sp³-hybridized carbons (Fsp3) is 0.462. The molecule has 0 aromatic carbocycles. The van der Waals surface area contributed by atoms with E-state index in [1.54, 1.807) is 5.01 Å². The maximum absolute atomic E-state index is 12.1. The van der Waals surface area contributed by atoms with Gasteiger partial charge in [-0.25, -0.2) is 10.0 Å². The van der Waals surface area contributed by atoms with E-state index in [4.69, 9.17) is 5.73 Å². The molecule has 0 bridgehead atoms. The summed E-state index contributed by atoms with van der Waals surface area (Å²) in [5.41, 5.74) is 6.24. The smallest absolute Gasteiger partial charge is 0.316 e. The van der Waals surface area contributed by atoms with Gasteiger partial charge in [-0.1, -0.05) is 6.08 Å². The topological polar surface area (TPSA) is 124 Å². The highest BCUT2D eigenvalue weighted by Crippen LogP contribution is 2.37. The van der Waals surface area contributed by atoms with Crippen LogP contribution in [0.15, 0.2) is 23.9 Å². The van der Waals surface area contributed by atoms with Crippen molar-refractivity contribution >= 4 is 30.3 Å². The number of fused-ring (bicyclic) bond motifs is 1. The number of hydrogen-bond donors (Lipinski definition) is 3. The Bertz CT molecular complexity index is 562. The Morgan fingerprint density at radius 3 is 2.45 bits per heavy atom. The van der Waals surface area contributed by atoms with Crippen LogP contribution in [-0.4, -0.2) is 57.2 Å². The fourth-order valence-electron chi connectivity index (χ4n) is 2.67. The van der Waals surface area contributed by atoms with Crippen LogP contribution in [0.25, 0.3) is 0 Å². The summed E-state index contributed by atoms with van der Waals surface area (Å²) >= 11 is 0.